The van der Waals surface area contributed by atoms with Crippen molar-refractivity contribution in [2.45, 2.75) is 62.7 Å². The standard InChI is InChI=1S/C30H35FN2O4/c1-37-28(35)23-8-6-22(7-9-23)27(34)32-24-12-10-20(11-13-24)21-14-18-33(19-15-21)29(36)30(16-17-30)25-4-2-3-5-26(25)31/h2-5,10-13,21-23H,6-9,14-19H2,1H3,(H,32,34). The quantitative estimate of drug-likeness (QED) is 0.548. The van der Waals surface area contributed by atoms with Gasteiger partial charge in [-0.1, -0.05) is 30.3 Å². The third-order valence-electron chi connectivity index (χ3n) is 8.61. The molecule has 3 aliphatic rings. The van der Waals surface area contributed by atoms with Gasteiger partial charge in [0.25, 0.3) is 0 Å². The molecule has 37 heavy (non-hydrogen) atoms. The number of ether oxygens (including phenoxy) is 1. The zero-order valence-electron chi connectivity index (χ0n) is 21.4. The molecule has 7 heteroatoms. The molecule has 0 radical (unpaired) electrons. The Hall–Kier alpha value is -3.22. The SMILES string of the molecule is COC(=O)C1CCC(C(=O)Nc2ccc(C3CCN(C(=O)C4(c5ccccc5F)CC4)CC3)cc2)CC1. The minimum absolute atomic E-state index is 0.00624. The van der Waals surface area contributed by atoms with Crippen LogP contribution < -0.4 is 5.32 Å². The molecule has 1 aliphatic heterocycles. The van der Waals surface area contributed by atoms with Crippen LogP contribution in [0.1, 0.15) is 68.4 Å². The van der Waals surface area contributed by atoms with Crippen molar-refractivity contribution >= 4 is 23.5 Å². The second-order valence-corrected chi connectivity index (χ2v) is 10.8. The first-order chi connectivity index (χ1) is 17.9. The van der Waals surface area contributed by atoms with Crippen LogP contribution in [0.4, 0.5) is 10.1 Å². The van der Waals surface area contributed by atoms with Gasteiger partial charge in [-0.3, -0.25) is 14.4 Å². The number of methoxy groups -OCH3 is 1. The molecule has 1 saturated heterocycles. The lowest BCUT2D eigenvalue weighted by atomic mass is 9.81. The molecule has 0 bridgehead atoms. The average Bonchev–Trinajstić information content (AvgIpc) is 3.75. The van der Waals surface area contributed by atoms with E-state index in [1.165, 1.54) is 18.7 Å². The maximum atomic E-state index is 14.4. The van der Waals surface area contributed by atoms with Crippen molar-refractivity contribution < 1.29 is 23.5 Å². The first-order valence-electron chi connectivity index (χ1n) is 13.4. The lowest BCUT2D eigenvalue weighted by Crippen LogP contribution is -2.44. The molecular formula is C30H35FN2O4. The van der Waals surface area contributed by atoms with Gasteiger partial charge in [-0.2, -0.15) is 0 Å². The van der Waals surface area contributed by atoms with Crippen molar-refractivity contribution in [2.24, 2.45) is 11.8 Å². The fourth-order valence-corrected chi connectivity index (χ4v) is 6.13. The molecule has 6 nitrogen and oxygen atoms in total. The summed E-state index contributed by atoms with van der Waals surface area (Å²) in [6, 6.07) is 14.7. The highest BCUT2D eigenvalue weighted by Gasteiger charge is 2.54. The number of halogens is 1. The predicted molar refractivity (Wildman–Crippen MR) is 138 cm³/mol. The summed E-state index contributed by atoms with van der Waals surface area (Å²) in [5.41, 5.74) is 1.85. The maximum absolute atomic E-state index is 14.4. The number of hydrogen-bond acceptors (Lipinski definition) is 4. The average molecular weight is 507 g/mol. The van der Waals surface area contributed by atoms with Crippen molar-refractivity contribution in [1.29, 1.82) is 0 Å². The summed E-state index contributed by atoms with van der Waals surface area (Å²) in [6.45, 7) is 1.35. The van der Waals surface area contributed by atoms with Gasteiger partial charge in [0.15, 0.2) is 0 Å². The van der Waals surface area contributed by atoms with Gasteiger partial charge < -0.3 is 15.0 Å². The molecule has 2 amide bonds. The van der Waals surface area contributed by atoms with Crippen LogP contribution in [0.25, 0.3) is 0 Å². The number of amides is 2. The lowest BCUT2D eigenvalue weighted by Gasteiger charge is -2.35. The number of anilines is 1. The first-order valence-corrected chi connectivity index (χ1v) is 13.4. The van der Waals surface area contributed by atoms with Gasteiger partial charge in [-0.05, 0) is 81.0 Å². The minimum atomic E-state index is -0.670. The zero-order valence-corrected chi connectivity index (χ0v) is 21.4. The van der Waals surface area contributed by atoms with Gasteiger partial charge in [-0.15, -0.1) is 0 Å². The Bertz CT molecular complexity index is 1140. The van der Waals surface area contributed by atoms with E-state index in [0.29, 0.717) is 63.1 Å². The summed E-state index contributed by atoms with van der Waals surface area (Å²) in [6.07, 6.45) is 5.93. The fraction of sp³-hybridized carbons (Fsp3) is 0.500. The Labute approximate surface area is 217 Å². The third kappa shape index (κ3) is 5.27. The zero-order chi connectivity index (χ0) is 26.0. The highest BCUT2D eigenvalue weighted by Crippen LogP contribution is 2.51. The number of carbonyl (C=O) groups is 3. The normalized spacial score (nSPS) is 23.2. The van der Waals surface area contributed by atoms with Crippen molar-refractivity contribution in [3.05, 3.63) is 65.5 Å². The molecule has 196 valence electrons. The van der Waals surface area contributed by atoms with Gasteiger partial charge in [-0.25, -0.2) is 4.39 Å². The number of carbonyl (C=O) groups excluding carboxylic acids is 3. The molecule has 2 aromatic carbocycles. The van der Waals surface area contributed by atoms with Crippen molar-refractivity contribution in [1.82, 2.24) is 4.90 Å². The molecule has 1 N–H and O–H groups in total. The summed E-state index contributed by atoms with van der Waals surface area (Å²) in [5, 5.41) is 3.03. The molecule has 3 fully saturated rings. The second kappa shape index (κ2) is 10.6. The van der Waals surface area contributed by atoms with E-state index in [1.54, 1.807) is 18.2 Å². The topological polar surface area (TPSA) is 75.7 Å². The third-order valence-corrected chi connectivity index (χ3v) is 8.61. The molecule has 2 aliphatic carbocycles. The summed E-state index contributed by atoms with van der Waals surface area (Å²) in [7, 11) is 1.41. The summed E-state index contributed by atoms with van der Waals surface area (Å²) >= 11 is 0. The molecule has 2 saturated carbocycles. The van der Waals surface area contributed by atoms with E-state index >= 15 is 0 Å². The van der Waals surface area contributed by atoms with Crippen LogP contribution in [0.5, 0.6) is 0 Å². The van der Waals surface area contributed by atoms with E-state index < -0.39 is 5.41 Å². The number of likely N-dealkylation sites (tertiary alicyclic amines) is 1. The molecule has 2 aromatic rings. The molecular weight excluding hydrogens is 471 g/mol. The van der Waals surface area contributed by atoms with Crippen molar-refractivity contribution in [3.8, 4) is 0 Å². The largest absolute Gasteiger partial charge is 0.469 e. The Balaban J connectivity index is 1.12. The van der Waals surface area contributed by atoms with Crippen LogP contribution in [0.2, 0.25) is 0 Å². The number of esters is 1. The van der Waals surface area contributed by atoms with Crippen molar-refractivity contribution in [3.63, 3.8) is 0 Å². The van der Waals surface area contributed by atoms with Gasteiger partial charge in [0.2, 0.25) is 11.8 Å². The first kappa shape index (κ1) is 25.4. The Kier molecular flexibility index (Phi) is 7.31. The minimum Gasteiger partial charge on any atom is -0.469 e. The number of nitrogens with one attached hydrogen (secondary N) is 1. The molecule has 0 atom stereocenters. The Morgan fingerprint density at radius 3 is 2.11 bits per heavy atom. The van der Waals surface area contributed by atoms with Crippen LogP contribution in [-0.2, 0) is 24.5 Å². The Morgan fingerprint density at radius 2 is 1.51 bits per heavy atom. The number of nitrogens with zero attached hydrogens (tertiary/aromatic N) is 1. The van der Waals surface area contributed by atoms with Gasteiger partial charge in [0.1, 0.15) is 5.82 Å². The summed E-state index contributed by atoms with van der Waals surface area (Å²) < 4.78 is 19.2. The monoisotopic (exact) mass is 506 g/mol. The Morgan fingerprint density at radius 1 is 0.892 bits per heavy atom. The molecule has 0 unspecified atom stereocenters. The van der Waals surface area contributed by atoms with E-state index in [0.717, 1.165) is 18.5 Å². The van der Waals surface area contributed by atoms with Crippen LogP contribution in [0.15, 0.2) is 48.5 Å². The summed E-state index contributed by atoms with van der Waals surface area (Å²) in [5.74, 6) is -0.218. The van der Waals surface area contributed by atoms with E-state index in [4.69, 9.17) is 4.74 Å². The van der Waals surface area contributed by atoms with Crippen LogP contribution >= 0.6 is 0 Å². The molecule has 0 spiro atoms. The van der Waals surface area contributed by atoms with Crippen LogP contribution in [-0.4, -0.2) is 42.9 Å². The van der Waals surface area contributed by atoms with Crippen molar-refractivity contribution in [2.75, 3.05) is 25.5 Å². The predicted octanol–water partition coefficient (Wildman–Crippen LogP) is 5.18. The smallest absolute Gasteiger partial charge is 0.308 e. The number of rotatable bonds is 6. The fourth-order valence-electron chi connectivity index (χ4n) is 6.13. The van der Waals surface area contributed by atoms with Crippen LogP contribution in [0.3, 0.4) is 0 Å². The highest BCUT2D eigenvalue weighted by atomic mass is 19.1. The number of benzene rings is 2. The molecule has 0 aromatic heterocycles. The van der Waals surface area contributed by atoms with E-state index in [9.17, 15) is 18.8 Å². The van der Waals surface area contributed by atoms with Gasteiger partial charge >= 0.3 is 5.97 Å². The van der Waals surface area contributed by atoms with E-state index in [1.807, 2.05) is 17.0 Å². The van der Waals surface area contributed by atoms with Gasteiger partial charge in [0.05, 0.1) is 18.4 Å². The number of hydrogen-bond donors (Lipinski definition) is 1. The maximum Gasteiger partial charge on any atom is 0.308 e. The summed E-state index contributed by atoms with van der Waals surface area (Å²) in [4.78, 5) is 39.7. The molecule has 5 rings (SSSR count). The second-order valence-electron chi connectivity index (χ2n) is 10.8. The van der Waals surface area contributed by atoms with E-state index in [-0.39, 0.29) is 35.4 Å². The van der Waals surface area contributed by atoms with Crippen LogP contribution in [0, 0.1) is 17.7 Å². The number of piperidine rings is 1. The lowest BCUT2D eigenvalue weighted by molar-refractivity contribution is -0.147. The molecule has 1 heterocycles. The van der Waals surface area contributed by atoms with E-state index in [2.05, 4.69) is 17.4 Å². The highest BCUT2D eigenvalue weighted by molar-refractivity contribution is 5.93. The van der Waals surface area contributed by atoms with Gasteiger partial charge in [0, 0.05) is 30.3 Å².